The topological polar surface area (TPSA) is 108 Å². The second-order valence-electron chi connectivity index (χ2n) is 13.3. The van der Waals surface area contributed by atoms with Crippen molar-refractivity contribution in [3.63, 3.8) is 0 Å². The molecule has 4 heterocycles. The number of carbonyl (C=O) groups is 2. The smallest absolute Gasteiger partial charge is 0.251 e. The van der Waals surface area contributed by atoms with Crippen molar-refractivity contribution in [1.29, 1.82) is 0 Å². The van der Waals surface area contributed by atoms with E-state index in [-0.39, 0.29) is 17.9 Å². The van der Waals surface area contributed by atoms with Gasteiger partial charge in [-0.25, -0.2) is 9.67 Å². The monoisotopic (exact) mass is 706 g/mol. The molecule has 2 fully saturated rings. The normalized spacial score (nSPS) is 19.0. The van der Waals surface area contributed by atoms with Gasteiger partial charge in [-0.3, -0.25) is 19.5 Å². The van der Waals surface area contributed by atoms with Crippen LogP contribution >= 0.6 is 22.9 Å². The summed E-state index contributed by atoms with van der Waals surface area (Å²) in [6, 6.07) is 20.7. The Hall–Kier alpha value is -4.58. The van der Waals surface area contributed by atoms with E-state index in [0.717, 1.165) is 97.8 Å². The maximum absolute atomic E-state index is 13.5. The highest BCUT2D eigenvalue weighted by atomic mass is 35.5. The van der Waals surface area contributed by atoms with Gasteiger partial charge in [-0.05, 0) is 81.0 Å². The Kier molecular flexibility index (Phi) is 9.11. The number of aryl methyl sites for hydroxylation is 1. The Morgan fingerprint density at radius 3 is 2.46 bits per heavy atom. The summed E-state index contributed by atoms with van der Waals surface area (Å²) >= 11 is 8.41. The summed E-state index contributed by atoms with van der Waals surface area (Å²) in [6.07, 6.45) is 9.13. The van der Waals surface area contributed by atoms with E-state index in [1.165, 1.54) is 23.9 Å². The molecule has 1 saturated heterocycles. The van der Waals surface area contributed by atoms with Crippen LogP contribution in [0.15, 0.2) is 73.1 Å². The molecule has 3 aromatic heterocycles. The third kappa shape index (κ3) is 6.53. The number of nitrogens with zero attached hydrogens (tertiary/aromatic N) is 6. The maximum atomic E-state index is 13.5. The fourth-order valence-electron chi connectivity index (χ4n) is 7.64. The molecule has 2 amide bonds. The molecule has 1 aliphatic heterocycles. The lowest BCUT2D eigenvalue weighted by Gasteiger charge is -2.42. The Labute approximate surface area is 300 Å². The third-order valence-electron chi connectivity index (χ3n) is 10.1. The minimum Gasteiger partial charge on any atom is -0.369 e. The second kappa shape index (κ2) is 14.0. The van der Waals surface area contributed by atoms with Crippen LogP contribution in [0.2, 0.25) is 5.02 Å². The van der Waals surface area contributed by atoms with Crippen LogP contribution in [0.5, 0.6) is 0 Å². The number of anilines is 2. The summed E-state index contributed by atoms with van der Waals surface area (Å²) in [7, 11) is 0. The lowest BCUT2D eigenvalue weighted by Crippen LogP contribution is -2.52. The molecule has 50 heavy (non-hydrogen) atoms. The first-order chi connectivity index (χ1) is 24.4. The van der Waals surface area contributed by atoms with Crippen LogP contribution in [-0.4, -0.2) is 74.7 Å². The molecular formula is C38H39ClN8O2S. The number of nitrogens with one attached hydrogen (secondary N) is 2. The fraction of sp³-hybridized carbons (Fsp3) is 0.342. The molecule has 12 heteroatoms. The number of hydrogen-bond acceptors (Lipinski definition) is 8. The average Bonchev–Trinajstić information content (AvgIpc) is 3.73. The number of halogens is 1. The molecule has 8 rings (SSSR count). The molecule has 10 nitrogen and oxygen atoms in total. The van der Waals surface area contributed by atoms with Crippen molar-refractivity contribution in [2.75, 3.05) is 36.4 Å². The van der Waals surface area contributed by atoms with Crippen LogP contribution in [0.25, 0.3) is 27.5 Å². The average molecular weight is 707 g/mol. The third-order valence-corrected chi connectivity index (χ3v) is 11.5. The molecule has 2 aliphatic carbocycles. The SMILES string of the molecule is CC(=O)Nc1nc2c(s1)-c1c(c(-c3cccnc3)nn1-c1ccc(C(=O)NC3CCC(N4CCN(c5ccccc5)CC4)CC3)cc1Cl)CC2. The molecule has 0 radical (unpaired) electrons. The largest absolute Gasteiger partial charge is 0.369 e. The minimum absolute atomic E-state index is 0.110. The van der Waals surface area contributed by atoms with Gasteiger partial charge in [-0.2, -0.15) is 5.10 Å². The molecule has 3 aliphatic rings. The number of benzene rings is 2. The molecule has 1 saturated carbocycles. The van der Waals surface area contributed by atoms with Crippen molar-refractivity contribution in [2.45, 2.75) is 57.5 Å². The lowest BCUT2D eigenvalue weighted by atomic mass is 9.89. The van der Waals surface area contributed by atoms with Gasteiger partial charge in [0.25, 0.3) is 5.91 Å². The standard InChI is InChI=1S/C38H39ClN8O2S/c1-24(48)41-38-43-32-15-14-30-34(26-6-5-17-40-23-26)44-47(35(30)36(32)50-38)33-16-9-25(22-31(33)39)37(49)42-27-10-12-29(13-11-27)46-20-18-45(19-21-46)28-7-3-2-4-8-28/h2-9,16-17,22-23,27,29H,10-15,18-21H2,1H3,(H,42,49)(H,41,43,48). The highest BCUT2D eigenvalue weighted by Crippen LogP contribution is 2.44. The summed E-state index contributed by atoms with van der Waals surface area (Å²) in [4.78, 5) is 40.4. The number of rotatable bonds is 7. The molecule has 2 aromatic carbocycles. The van der Waals surface area contributed by atoms with Crippen molar-refractivity contribution in [1.82, 2.24) is 30.0 Å². The number of para-hydroxylation sites is 1. The van der Waals surface area contributed by atoms with Gasteiger partial charge < -0.3 is 15.5 Å². The van der Waals surface area contributed by atoms with E-state index in [1.807, 2.05) is 35.1 Å². The van der Waals surface area contributed by atoms with Gasteiger partial charge in [0.05, 0.1) is 32.7 Å². The van der Waals surface area contributed by atoms with Gasteiger partial charge in [0, 0.05) is 80.0 Å². The van der Waals surface area contributed by atoms with Crippen LogP contribution in [0, 0.1) is 0 Å². The van der Waals surface area contributed by atoms with Crippen LogP contribution in [0.1, 0.15) is 54.2 Å². The first-order valence-electron chi connectivity index (χ1n) is 17.4. The highest BCUT2D eigenvalue weighted by Gasteiger charge is 2.32. The number of pyridine rings is 1. The Morgan fingerprint density at radius 1 is 0.940 bits per heavy atom. The molecule has 2 N–H and O–H groups in total. The Balaban J connectivity index is 0.965. The number of amides is 2. The van der Waals surface area contributed by atoms with Crippen molar-refractivity contribution in [3.05, 3.63) is 94.9 Å². The van der Waals surface area contributed by atoms with E-state index >= 15 is 0 Å². The van der Waals surface area contributed by atoms with Gasteiger partial charge >= 0.3 is 0 Å². The number of hydrogen-bond donors (Lipinski definition) is 2. The second-order valence-corrected chi connectivity index (χ2v) is 14.7. The molecule has 256 valence electrons. The van der Waals surface area contributed by atoms with E-state index in [2.05, 4.69) is 55.7 Å². The van der Waals surface area contributed by atoms with Crippen molar-refractivity contribution in [2.24, 2.45) is 0 Å². The Bertz CT molecular complexity index is 2020. The molecule has 0 bridgehead atoms. The summed E-state index contributed by atoms with van der Waals surface area (Å²) in [5.74, 6) is -0.273. The molecule has 0 atom stereocenters. The van der Waals surface area contributed by atoms with Crippen molar-refractivity contribution in [3.8, 4) is 27.5 Å². The predicted octanol–water partition coefficient (Wildman–Crippen LogP) is 6.63. The summed E-state index contributed by atoms with van der Waals surface area (Å²) in [5.41, 5.74) is 7.14. The van der Waals surface area contributed by atoms with Crippen molar-refractivity contribution >= 4 is 45.6 Å². The number of piperazine rings is 1. The van der Waals surface area contributed by atoms with Gasteiger partial charge in [-0.1, -0.05) is 41.1 Å². The van der Waals surface area contributed by atoms with Crippen LogP contribution < -0.4 is 15.5 Å². The number of thiazole rings is 1. The fourth-order valence-corrected chi connectivity index (χ4v) is 9.02. The number of aromatic nitrogens is 4. The number of carbonyl (C=O) groups excluding carboxylic acids is 2. The summed E-state index contributed by atoms with van der Waals surface area (Å²) in [6.45, 7) is 5.73. The van der Waals surface area contributed by atoms with Gasteiger partial charge in [0.1, 0.15) is 0 Å². The first kappa shape index (κ1) is 32.6. The van der Waals surface area contributed by atoms with Gasteiger partial charge in [-0.15, -0.1) is 0 Å². The zero-order valence-electron chi connectivity index (χ0n) is 27.9. The maximum Gasteiger partial charge on any atom is 0.251 e. The van der Waals surface area contributed by atoms with E-state index < -0.39 is 0 Å². The van der Waals surface area contributed by atoms with Crippen molar-refractivity contribution < 1.29 is 9.59 Å². The zero-order valence-corrected chi connectivity index (χ0v) is 29.5. The minimum atomic E-state index is -0.164. The van der Waals surface area contributed by atoms with E-state index in [0.29, 0.717) is 27.4 Å². The quantitative estimate of drug-likeness (QED) is 0.196. The van der Waals surface area contributed by atoms with E-state index in [4.69, 9.17) is 21.7 Å². The van der Waals surface area contributed by atoms with Crippen LogP contribution in [-0.2, 0) is 17.6 Å². The highest BCUT2D eigenvalue weighted by molar-refractivity contribution is 7.19. The molecule has 5 aromatic rings. The lowest BCUT2D eigenvalue weighted by molar-refractivity contribution is -0.114. The molecular weight excluding hydrogens is 668 g/mol. The van der Waals surface area contributed by atoms with Crippen LogP contribution in [0.4, 0.5) is 10.8 Å². The Morgan fingerprint density at radius 2 is 1.74 bits per heavy atom. The van der Waals surface area contributed by atoms with E-state index in [1.54, 1.807) is 12.3 Å². The molecule has 0 unspecified atom stereocenters. The summed E-state index contributed by atoms with van der Waals surface area (Å²) in [5, 5.41) is 12.2. The molecule has 0 spiro atoms. The predicted molar refractivity (Wildman–Crippen MR) is 198 cm³/mol. The zero-order chi connectivity index (χ0) is 34.2. The van der Waals surface area contributed by atoms with Crippen LogP contribution in [0.3, 0.4) is 0 Å². The first-order valence-corrected chi connectivity index (χ1v) is 18.6. The summed E-state index contributed by atoms with van der Waals surface area (Å²) < 4.78 is 1.86. The van der Waals surface area contributed by atoms with E-state index in [9.17, 15) is 9.59 Å². The number of fused-ring (bicyclic) bond motifs is 3. The van der Waals surface area contributed by atoms with Gasteiger partial charge in [0.15, 0.2) is 5.13 Å². The van der Waals surface area contributed by atoms with Gasteiger partial charge in [0.2, 0.25) is 5.91 Å².